The van der Waals surface area contributed by atoms with Crippen molar-refractivity contribution in [2.75, 3.05) is 14.1 Å². The molecule has 4 heteroatoms. The summed E-state index contributed by atoms with van der Waals surface area (Å²) in [7, 11) is 3.44. The predicted molar refractivity (Wildman–Crippen MR) is 60.1 cm³/mol. The van der Waals surface area contributed by atoms with Gasteiger partial charge in [0.05, 0.1) is 0 Å². The second-order valence-electron chi connectivity index (χ2n) is 3.18. The minimum atomic E-state index is -0.0760. The average molecular weight is 257 g/mol. The molecule has 3 nitrogen and oxygen atoms in total. The van der Waals surface area contributed by atoms with E-state index in [2.05, 4.69) is 21.2 Å². The van der Waals surface area contributed by atoms with Crippen molar-refractivity contribution in [1.29, 1.82) is 0 Å². The summed E-state index contributed by atoms with van der Waals surface area (Å²) >= 11 is 3.35. The van der Waals surface area contributed by atoms with E-state index in [0.29, 0.717) is 6.54 Å². The Morgan fingerprint density at radius 3 is 2.43 bits per heavy atom. The summed E-state index contributed by atoms with van der Waals surface area (Å²) in [6.07, 6.45) is 0. The summed E-state index contributed by atoms with van der Waals surface area (Å²) in [6.45, 7) is 0.560. The molecule has 0 aromatic heterocycles. The molecule has 0 spiro atoms. The second-order valence-corrected chi connectivity index (χ2v) is 4.10. The van der Waals surface area contributed by atoms with Crippen LogP contribution in [0, 0.1) is 0 Å². The van der Waals surface area contributed by atoms with Crippen LogP contribution in [-0.4, -0.2) is 25.0 Å². The number of nitrogens with zero attached hydrogens (tertiary/aromatic N) is 1. The molecule has 0 aliphatic heterocycles. The van der Waals surface area contributed by atoms with Gasteiger partial charge in [0, 0.05) is 25.1 Å². The Bertz CT molecular complexity index is 308. The first-order valence-corrected chi connectivity index (χ1v) is 5.08. The standard InChI is InChI=1S/C10H13BrN2O/c1-13(2)10(14)12-7-8-3-5-9(11)6-4-8/h3-6H,7H2,1-2H3,(H,12,14). The minimum absolute atomic E-state index is 0.0760. The van der Waals surface area contributed by atoms with Gasteiger partial charge in [-0.2, -0.15) is 0 Å². The summed E-state index contributed by atoms with van der Waals surface area (Å²) in [4.78, 5) is 12.7. The molecular weight excluding hydrogens is 244 g/mol. The molecule has 1 aromatic carbocycles. The Labute approximate surface area is 92.2 Å². The smallest absolute Gasteiger partial charge is 0.317 e. The third kappa shape index (κ3) is 3.38. The number of halogens is 1. The van der Waals surface area contributed by atoms with Crippen LogP contribution >= 0.6 is 15.9 Å². The van der Waals surface area contributed by atoms with Crippen molar-refractivity contribution in [3.8, 4) is 0 Å². The minimum Gasteiger partial charge on any atom is -0.334 e. The number of hydrogen-bond acceptors (Lipinski definition) is 1. The number of rotatable bonds is 2. The van der Waals surface area contributed by atoms with Gasteiger partial charge in [0.25, 0.3) is 0 Å². The highest BCUT2D eigenvalue weighted by Crippen LogP contribution is 2.10. The Kier molecular flexibility index (Phi) is 3.95. The van der Waals surface area contributed by atoms with Crippen LogP contribution in [0.15, 0.2) is 28.7 Å². The maximum absolute atomic E-state index is 11.2. The van der Waals surface area contributed by atoms with Crippen molar-refractivity contribution in [3.05, 3.63) is 34.3 Å². The molecule has 0 saturated carbocycles. The van der Waals surface area contributed by atoms with E-state index in [4.69, 9.17) is 0 Å². The first-order chi connectivity index (χ1) is 6.59. The molecule has 0 radical (unpaired) electrons. The number of amides is 2. The lowest BCUT2D eigenvalue weighted by atomic mass is 10.2. The number of carbonyl (C=O) groups excluding carboxylic acids is 1. The maximum Gasteiger partial charge on any atom is 0.317 e. The zero-order chi connectivity index (χ0) is 10.6. The SMILES string of the molecule is CN(C)C(=O)NCc1ccc(Br)cc1. The fourth-order valence-electron chi connectivity index (χ4n) is 0.938. The zero-order valence-electron chi connectivity index (χ0n) is 8.25. The molecule has 76 valence electrons. The van der Waals surface area contributed by atoms with Gasteiger partial charge in [-0.3, -0.25) is 0 Å². The van der Waals surface area contributed by atoms with E-state index in [1.54, 1.807) is 14.1 Å². The fourth-order valence-corrected chi connectivity index (χ4v) is 1.20. The van der Waals surface area contributed by atoms with E-state index in [1.807, 2.05) is 24.3 Å². The summed E-state index contributed by atoms with van der Waals surface area (Å²) in [5, 5.41) is 2.79. The van der Waals surface area contributed by atoms with Gasteiger partial charge in [-0.25, -0.2) is 4.79 Å². The molecule has 1 rings (SSSR count). The van der Waals surface area contributed by atoms with Crippen LogP contribution in [0.3, 0.4) is 0 Å². The molecule has 0 aliphatic carbocycles. The highest BCUT2D eigenvalue weighted by molar-refractivity contribution is 9.10. The molecule has 1 N–H and O–H groups in total. The van der Waals surface area contributed by atoms with Gasteiger partial charge in [-0.1, -0.05) is 28.1 Å². The lowest BCUT2D eigenvalue weighted by Gasteiger charge is -2.11. The third-order valence-electron chi connectivity index (χ3n) is 1.76. The van der Waals surface area contributed by atoms with Gasteiger partial charge < -0.3 is 10.2 Å². The van der Waals surface area contributed by atoms with Crippen molar-refractivity contribution in [1.82, 2.24) is 10.2 Å². The quantitative estimate of drug-likeness (QED) is 0.865. The van der Waals surface area contributed by atoms with Crippen molar-refractivity contribution in [3.63, 3.8) is 0 Å². The van der Waals surface area contributed by atoms with Crippen LogP contribution in [0.1, 0.15) is 5.56 Å². The fraction of sp³-hybridized carbons (Fsp3) is 0.300. The molecule has 0 bridgehead atoms. The molecular formula is C10H13BrN2O. The van der Waals surface area contributed by atoms with Gasteiger partial charge in [0.15, 0.2) is 0 Å². The number of urea groups is 1. The number of nitrogens with one attached hydrogen (secondary N) is 1. The van der Waals surface area contributed by atoms with Crippen LogP contribution in [0.4, 0.5) is 4.79 Å². The molecule has 2 amide bonds. The first kappa shape index (κ1) is 11.0. The highest BCUT2D eigenvalue weighted by atomic mass is 79.9. The van der Waals surface area contributed by atoms with E-state index < -0.39 is 0 Å². The Balaban J connectivity index is 2.46. The van der Waals surface area contributed by atoms with Crippen molar-refractivity contribution >= 4 is 22.0 Å². The first-order valence-electron chi connectivity index (χ1n) is 4.29. The van der Waals surface area contributed by atoms with Crippen molar-refractivity contribution < 1.29 is 4.79 Å². The molecule has 0 aliphatic rings. The monoisotopic (exact) mass is 256 g/mol. The maximum atomic E-state index is 11.2. The van der Waals surface area contributed by atoms with Crippen molar-refractivity contribution in [2.45, 2.75) is 6.54 Å². The van der Waals surface area contributed by atoms with E-state index in [1.165, 1.54) is 4.90 Å². The summed E-state index contributed by atoms with van der Waals surface area (Å²) < 4.78 is 1.04. The Morgan fingerprint density at radius 2 is 1.93 bits per heavy atom. The predicted octanol–water partition coefficient (Wildman–Crippen LogP) is 2.22. The molecule has 0 heterocycles. The molecule has 0 atom stereocenters. The van der Waals surface area contributed by atoms with Crippen LogP contribution in [0.25, 0.3) is 0 Å². The summed E-state index contributed by atoms with van der Waals surface area (Å²) in [5.74, 6) is 0. The molecule has 1 aromatic rings. The average Bonchev–Trinajstić information content (AvgIpc) is 2.16. The summed E-state index contributed by atoms with van der Waals surface area (Å²) in [5.41, 5.74) is 1.09. The lowest BCUT2D eigenvalue weighted by Crippen LogP contribution is -2.33. The van der Waals surface area contributed by atoms with Gasteiger partial charge in [-0.15, -0.1) is 0 Å². The van der Waals surface area contributed by atoms with Gasteiger partial charge >= 0.3 is 6.03 Å². The lowest BCUT2D eigenvalue weighted by molar-refractivity contribution is 0.217. The van der Waals surface area contributed by atoms with E-state index >= 15 is 0 Å². The normalized spacial score (nSPS) is 9.64. The second kappa shape index (κ2) is 5.00. The topological polar surface area (TPSA) is 32.3 Å². The van der Waals surface area contributed by atoms with Crippen LogP contribution < -0.4 is 5.32 Å². The highest BCUT2D eigenvalue weighted by Gasteiger charge is 2.01. The Hall–Kier alpha value is -1.03. The number of hydrogen-bond donors (Lipinski definition) is 1. The van der Waals surface area contributed by atoms with Gasteiger partial charge in [0.1, 0.15) is 0 Å². The summed E-state index contributed by atoms with van der Waals surface area (Å²) in [6, 6.07) is 7.78. The molecule has 14 heavy (non-hydrogen) atoms. The van der Waals surface area contributed by atoms with E-state index in [9.17, 15) is 4.79 Å². The third-order valence-corrected chi connectivity index (χ3v) is 2.29. The van der Waals surface area contributed by atoms with Crippen LogP contribution in [0.5, 0.6) is 0 Å². The van der Waals surface area contributed by atoms with Crippen LogP contribution in [-0.2, 0) is 6.54 Å². The van der Waals surface area contributed by atoms with Gasteiger partial charge in [0.2, 0.25) is 0 Å². The van der Waals surface area contributed by atoms with Gasteiger partial charge in [-0.05, 0) is 17.7 Å². The molecule has 0 unspecified atom stereocenters. The molecule has 0 fully saturated rings. The van der Waals surface area contributed by atoms with E-state index in [0.717, 1.165) is 10.0 Å². The zero-order valence-corrected chi connectivity index (χ0v) is 9.84. The van der Waals surface area contributed by atoms with Crippen LogP contribution in [0.2, 0.25) is 0 Å². The van der Waals surface area contributed by atoms with Crippen molar-refractivity contribution in [2.24, 2.45) is 0 Å². The number of carbonyl (C=O) groups is 1. The largest absolute Gasteiger partial charge is 0.334 e. The number of benzene rings is 1. The molecule has 0 saturated heterocycles. The Morgan fingerprint density at radius 1 is 1.36 bits per heavy atom. The van der Waals surface area contributed by atoms with E-state index in [-0.39, 0.29) is 6.03 Å².